The zero-order valence-electron chi connectivity index (χ0n) is 14.3. The van der Waals surface area contributed by atoms with Crippen LogP contribution in [0.2, 0.25) is 0 Å². The van der Waals surface area contributed by atoms with Crippen LogP contribution in [0.4, 0.5) is 0 Å². The maximum absolute atomic E-state index is 11.0. The van der Waals surface area contributed by atoms with E-state index in [-0.39, 0.29) is 12.4 Å². The number of nitrogens with one attached hydrogen (secondary N) is 2. The molecule has 2 unspecified atom stereocenters. The van der Waals surface area contributed by atoms with Crippen molar-refractivity contribution in [3.8, 4) is 0 Å². The first-order chi connectivity index (χ1) is 10.3. The minimum absolute atomic E-state index is 0.0673. The number of guanidine groups is 1. The summed E-state index contributed by atoms with van der Waals surface area (Å²) >= 11 is 0. The standard InChI is InChI=1S/C15H31N3O3S/c1-12-9-13(2)11-14(10-12)18-15(16-3)17-5-6-21-7-8-22(4,19)20/h12-14H,5-11H2,1-4H3,(H2,16,17,18). The molecule has 0 aromatic rings. The second-order valence-electron chi connectivity index (χ2n) is 6.50. The summed E-state index contributed by atoms with van der Waals surface area (Å²) < 4.78 is 27.2. The van der Waals surface area contributed by atoms with Gasteiger partial charge >= 0.3 is 0 Å². The van der Waals surface area contributed by atoms with Crippen molar-refractivity contribution < 1.29 is 13.2 Å². The van der Waals surface area contributed by atoms with Crippen molar-refractivity contribution in [3.63, 3.8) is 0 Å². The van der Waals surface area contributed by atoms with Crippen LogP contribution >= 0.6 is 0 Å². The van der Waals surface area contributed by atoms with Crippen molar-refractivity contribution in [3.05, 3.63) is 0 Å². The van der Waals surface area contributed by atoms with E-state index in [9.17, 15) is 8.42 Å². The van der Waals surface area contributed by atoms with E-state index in [4.69, 9.17) is 4.74 Å². The Balaban J connectivity index is 2.20. The van der Waals surface area contributed by atoms with Gasteiger partial charge in [-0.1, -0.05) is 13.8 Å². The highest BCUT2D eigenvalue weighted by atomic mass is 32.2. The van der Waals surface area contributed by atoms with E-state index >= 15 is 0 Å². The number of aliphatic imine (C=N–C) groups is 1. The number of ether oxygens (including phenoxy) is 1. The fraction of sp³-hybridized carbons (Fsp3) is 0.933. The molecule has 1 aliphatic carbocycles. The molecule has 0 aromatic carbocycles. The number of hydrogen-bond donors (Lipinski definition) is 2. The average molecular weight is 333 g/mol. The minimum atomic E-state index is -2.94. The van der Waals surface area contributed by atoms with Gasteiger partial charge in [0.1, 0.15) is 9.84 Å². The molecule has 2 N–H and O–H groups in total. The second kappa shape index (κ2) is 9.35. The lowest BCUT2D eigenvalue weighted by molar-refractivity contribution is 0.153. The van der Waals surface area contributed by atoms with E-state index in [1.165, 1.54) is 25.5 Å². The van der Waals surface area contributed by atoms with Gasteiger partial charge in [0.05, 0.1) is 19.0 Å². The van der Waals surface area contributed by atoms with Crippen molar-refractivity contribution in [2.45, 2.75) is 39.2 Å². The Labute approximate surface area is 135 Å². The van der Waals surface area contributed by atoms with Crippen LogP contribution in [0, 0.1) is 11.8 Å². The van der Waals surface area contributed by atoms with Crippen LogP contribution in [-0.4, -0.2) is 59.2 Å². The molecule has 1 aliphatic rings. The Morgan fingerprint density at radius 1 is 1.18 bits per heavy atom. The monoisotopic (exact) mass is 333 g/mol. The third-order valence-electron chi connectivity index (χ3n) is 3.88. The smallest absolute Gasteiger partial charge is 0.191 e. The molecule has 1 rings (SSSR count). The predicted octanol–water partition coefficient (Wildman–Crippen LogP) is 1.04. The normalized spacial score (nSPS) is 26.7. The molecule has 0 aliphatic heterocycles. The lowest BCUT2D eigenvalue weighted by atomic mass is 9.80. The molecule has 0 amide bonds. The predicted molar refractivity (Wildman–Crippen MR) is 91.0 cm³/mol. The van der Waals surface area contributed by atoms with Gasteiger partial charge in [0.2, 0.25) is 0 Å². The summed E-state index contributed by atoms with van der Waals surface area (Å²) in [5, 5.41) is 6.68. The Morgan fingerprint density at radius 3 is 2.36 bits per heavy atom. The fourth-order valence-electron chi connectivity index (χ4n) is 3.01. The first-order valence-electron chi connectivity index (χ1n) is 8.02. The molecular formula is C15H31N3O3S. The summed E-state index contributed by atoms with van der Waals surface area (Å²) in [5.74, 6) is 2.35. The van der Waals surface area contributed by atoms with Crippen LogP contribution in [0.25, 0.3) is 0 Å². The second-order valence-corrected chi connectivity index (χ2v) is 8.76. The van der Waals surface area contributed by atoms with Crippen molar-refractivity contribution in [2.75, 3.05) is 38.8 Å². The summed E-state index contributed by atoms with van der Waals surface area (Å²) in [6, 6.07) is 0.469. The quantitative estimate of drug-likeness (QED) is 0.413. The van der Waals surface area contributed by atoms with Crippen LogP contribution in [0.1, 0.15) is 33.1 Å². The van der Waals surface area contributed by atoms with E-state index in [0.717, 1.165) is 17.8 Å². The molecule has 0 saturated heterocycles. The lowest BCUT2D eigenvalue weighted by Gasteiger charge is -2.32. The van der Waals surface area contributed by atoms with Crippen LogP contribution in [0.3, 0.4) is 0 Å². The molecule has 0 bridgehead atoms. The molecule has 2 atom stereocenters. The van der Waals surface area contributed by atoms with Crippen LogP contribution in [0.15, 0.2) is 4.99 Å². The number of hydrogen-bond acceptors (Lipinski definition) is 4. The molecule has 0 heterocycles. The summed E-state index contributed by atoms with van der Waals surface area (Å²) in [6.07, 6.45) is 4.87. The summed E-state index contributed by atoms with van der Waals surface area (Å²) in [7, 11) is -1.18. The Hall–Kier alpha value is -0.820. The van der Waals surface area contributed by atoms with Gasteiger partial charge in [-0.3, -0.25) is 4.99 Å². The third kappa shape index (κ3) is 8.58. The number of nitrogens with zero attached hydrogens (tertiary/aromatic N) is 1. The molecule has 7 heteroatoms. The molecule has 0 radical (unpaired) electrons. The van der Waals surface area contributed by atoms with Crippen molar-refractivity contribution in [1.82, 2.24) is 10.6 Å². The van der Waals surface area contributed by atoms with Gasteiger partial charge in [0.15, 0.2) is 5.96 Å². The zero-order valence-corrected chi connectivity index (χ0v) is 15.1. The molecule has 6 nitrogen and oxygen atoms in total. The van der Waals surface area contributed by atoms with E-state index in [1.54, 1.807) is 7.05 Å². The number of sulfone groups is 1. The van der Waals surface area contributed by atoms with E-state index in [1.807, 2.05) is 0 Å². The van der Waals surface area contributed by atoms with E-state index in [2.05, 4.69) is 29.5 Å². The van der Waals surface area contributed by atoms with Crippen molar-refractivity contribution >= 4 is 15.8 Å². The molecule has 1 fully saturated rings. The topological polar surface area (TPSA) is 79.8 Å². The highest BCUT2D eigenvalue weighted by Crippen LogP contribution is 2.28. The Morgan fingerprint density at radius 2 is 1.82 bits per heavy atom. The summed E-state index contributed by atoms with van der Waals surface area (Å²) in [4.78, 5) is 4.23. The minimum Gasteiger partial charge on any atom is -0.379 e. The largest absolute Gasteiger partial charge is 0.379 e. The maximum Gasteiger partial charge on any atom is 0.191 e. The molecule has 0 spiro atoms. The highest BCUT2D eigenvalue weighted by Gasteiger charge is 2.24. The van der Waals surface area contributed by atoms with E-state index < -0.39 is 9.84 Å². The van der Waals surface area contributed by atoms with Gasteiger partial charge in [0.25, 0.3) is 0 Å². The van der Waals surface area contributed by atoms with Crippen molar-refractivity contribution in [2.24, 2.45) is 16.8 Å². The first kappa shape index (κ1) is 19.2. The molecule has 22 heavy (non-hydrogen) atoms. The van der Waals surface area contributed by atoms with Crippen LogP contribution < -0.4 is 10.6 Å². The van der Waals surface area contributed by atoms with Gasteiger partial charge in [-0.2, -0.15) is 0 Å². The van der Waals surface area contributed by atoms with Crippen LogP contribution in [0.5, 0.6) is 0 Å². The maximum atomic E-state index is 11.0. The molecule has 0 aromatic heterocycles. The van der Waals surface area contributed by atoms with E-state index in [0.29, 0.717) is 19.2 Å². The lowest BCUT2D eigenvalue weighted by Crippen LogP contribution is -2.46. The van der Waals surface area contributed by atoms with Crippen LogP contribution in [-0.2, 0) is 14.6 Å². The Kier molecular flexibility index (Phi) is 8.17. The van der Waals surface area contributed by atoms with Gasteiger partial charge < -0.3 is 15.4 Å². The SMILES string of the molecule is CN=C(NCCOCCS(C)(=O)=O)NC1CC(C)CC(C)C1. The number of rotatable bonds is 7. The first-order valence-corrected chi connectivity index (χ1v) is 10.1. The van der Waals surface area contributed by atoms with Gasteiger partial charge in [-0.15, -0.1) is 0 Å². The Bertz CT molecular complexity index is 441. The van der Waals surface area contributed by atoms with Gasteiger partial charge in [-0.25, -0.2) is 8.42 Å². The molecule has 1 saturated carbocycles. The zero-order chi connectivity index (χ0) is 16.6. The third-order valence-corrected chi connectivity index (χ3v) is 4.79. The average Bonchev–Trinajstić information content (AvgIpc) is 2.38. The highest BCUT2D eigenvalue weighted by molar-refractivity contribution is 7.90. The fourth-order valence-corrected chi connectivity index (χ4v) is 3.43. The summed E-state index contributed by atoms with van der Waals surface area (Å²) in [5.41, 5.74) is 0. The molecular weight excluding hydrogens is 302 g/mol. The van der Waals surface area contributed by atoms with Gasteiger partial charge in [0, 0.05) is 25.9 Å². The van der Waals surface area contributed by atoms with Crippen molar-refractivity contribution in [1.29, 1.82) is 0 Å². The molecule has 130 valence electrons. The van der Waals surface area contributed by atoms with Gasteiger partial charge in [-0.05, 0) is 31.1 Å². The summed E-state index contributed by atoms with van der Waals surface area (Å²) in [6.45, 7) is 5.92.